The van der Waals surface area contributed by atoms with E-state index in [0.717, 1.165) is 12.8 Å². The summed E-state index contributed by atoms with van der Waals surface area (Å²) < 4.78 is 2.72. The normalized spacial score (nSPS) is 17.0. The van der Waals surface area contributed by atoms with Gasteiger partial charge < -0.3 is 9.67 Å². The molecule has 1 aliphatic rings. The molecular weight excluding hydrogens is 234 g/mol. The van der Waals surface area contributed by atoms with Crippen LogP contribution in [0.3, 0.4) is 0 Å². The predicted molar refractivity (Wildman–Crippen MR) is 65.5 cm³/mol. The summed E-state index contributed by atoms with van der Waals surface area (Å²) in [4.78, 5) is 23.9. The molecule has 0 bridgehead atoms. The van der Waals surface area contributed by atoms with Gasteiger partial charge >= 0.3 is 0 Å². The Bertz CT molecular complexity index is 740. The van der Waals surface area contributed by atoms with Crippen molar-refractivity contribution in [1.29, 1.82) is 0 Å². The minimum Gasteiger partial charge on any atom is -0.394 e. The molecule has 0 radical (unpaired) electrons. The Morgan fingerprint density at radius 2 is 2.17 bits per heavy atom. The largest absolute Gasteiger partial charge is 0.394 e. The Morgan fingerprint density at radius 1 is 1.44 bits per heavy atom. The molecule has 0 aromatic carbocycles. The number of fused-ring (bicyclic) bond motifs is 1. The third-order valence-corrected chi connectivity index (χ3v) is 3.61. The standard InChI is InChI=1S/C12H13N3O3/c1-14-11(18)9-4-10(17)15(6-8(9)5-13-14)12(7-16)2-3-12/h4-6,16H,2-3,7H2,1H3. The van der Waals surface area contributed by atoms with Crippen molar-refractivity contribution in [3.63, 3.8) is 0 Å². The van der Waals surface area contributed by atoms with Crippen molar-refractivity contribution in [1.82, 2.24) is 14.3 Å². The Morgan fingerprint density at radius 3 is 2.78 bits per heavy atom. The molecule has 6 nitrogen and oxygen atoms in total. The molecule has 2 aromatic rings. The van der Waals surface area contributed by atoms with Gasteiger partial charge in [0.05, 0.1) is 23.7 Å². The van der Waals surface area contributed by atoms with Crippen molar-refractivity contribution in [2.75, 3.05) is 6.61 Å². The number of aryl methyl sites for hydroxylation is 1. The van der Waals surface area contributed by atoms with Gasteiger partial charge in [0.15, 0.2) is 0 Å². The molecule has 1 aliphatic carbocycles. The van der Waals surface area contributed by atoms with E-state index in [0.29, 0.717) is 10.8 Å². The summed E-state index contributed by atoms with van der Waals surface area (Å²) in [6, 6.07) is 1.33. The lowest BCUT2D eigenvalue weighted by molar-refractivity contribution is 0.210. The first-order chi connectivity index (χ1) is 8.57. The Kier molecular flexibility index (Phi) is 2.18. The van der Waals surface area contributed by atoms with Crippen molar-refractivity contribution in [3.05, 3.63) is 39.2 Å². The molecule has 0 amide bonds. The van der Waals surface area contributed by atoms with Crippen molar-refractivity contribution in [2.45, 2.75) is 18.4 Å². The number of rotatable bonds is 2. The molecule has 0 unspecified atom stereocenters. The van der Waals surface area contributed by atoms with Gasteiger partial charge in [-0.3, -0.25) is 9.59 Å². The molecule has 0 saturated heterocycles. The van der Waals surface area contributed by atoms with E-state index in [1.165, 1.54) is 15.3 Å². The van der Waals surface area contributed by atoms with Gasteiger partial charge in [-0.2, -0.15) is 5.10 Å². The number of aliphatic hydroxyl groups excluding tert-OH is 1. The van der Waals surface area contributed by atoms with Gasteiger partial charge in [0.25, 0.3) is 11.1 Å². The molecule has 3 rings (SSSR count). The number of nitrogens with zero attached hydrogens (tertiary/aromatic N) is 3. The van der Waals surface area contributed by atoms with Crippen molar-refractivity contribution < 1.29 is 5.11 Å². The Balaban J connectivity index is 2.33. The number of hydrogen-bond acceptors (Lipinski definition) is 4. The zero-order valence-corrected chi connectivity index (χ0v) is 9.96. The Hall–Kier alpha value is -1.95. The third kappa shape index (κ3) is 1.42. The van der Waals surface area contributed by atoms with Gasteiger partial charge in [-0.1, -0.05) is 0 Å². The molecule has 18 heavy (non-hydrogen) atoms. The second-order valence-corrected chi connectivity index (χ2v) is 4.81. The van der Waals surface area contributed by atoms with Crippen LogP contribution in [0.1, 0.15) is 12.8 Å². The maximum atomic E-state index is 12.0. The summed E-state index contributed by atoms with van der Waals surface area (Å²) in [5.74, 6) is 0. The third-order valence-electron chi connectivity index (χ3n) is 3.61. The second kappa shape index (κ2) is 3.52. The molecule has 1 fully saturated rings. The fourth-order valence-corrected chi connectivity index (χ4v) is 2.20. The van der Waals surface area contributed by atoms with E-state index in [2.05, 4.69) is 5.10 Å². The van der Waals surface area contributed by atoms with Crippen LogP contribution in [-0.2, 0) is 12.6 Å². The van der Waals surface area contributed by atoms with E-state index >= 15 is 0 Å². The van der Waals surface area contributed by atoms with Crippen LogP contribution in [0.5, 0.6) is 0 Å². The first-order valence-electron chi connectivity index (χ1n) is 5.77. The van der Waals surface area contributed by atoms with E-state index in [4.69, 9.17) is 0 Å². The van der Waals surface area contributed by atoms with E-state index < -0.39 is 5.54 Å². The first kappa shape index (κ1) is 11.2. The molecule has 94 valence electrons. The quantitative estimate of drug-likeness (QED) is 0.781. The fraction of sp³-hybridized carbons (Fsp3) is 0.417. The lowest BCUT2D eigenvalue weighted by atomic mass is 10.2. The lowest BCUT2D eigenvalue weighted by Gasteiger charge is -2.16. The van der Waals surface area contributed by atoms with Crippen molar-refractivity contribution in [2.24, 2.45) is 7.05 Å². The van der Waals surface area contributed by atoms with Crippen LogP contribution in [0.2, 0.25) is 0 Å². The van der Waals surface area contributed by atoms with Crippen molar-refractivity contribution >= 4 is 10.8 Å². The van der Waals surface area contributed by atoms with Gasteiger partial charge in [0.1, 0.15) is 0 Å². The minimum atomic E-state index is -0.466. The monoisotopic (exact) mass is 247 g/mol. The van der Waals surface area contributed by atoms with Crippen LogP contribution in [0, 0.1) is 0 Å². The number of pyridine rings is 1. The summed E-state index contributed by atoms with van der Waals surface area (Å²) in [6.45, 7) is -0.0588. The van der Waals surface area contributed by atoms with E-state index in [1.807, 2.05) is 0 Å². The van der Waals surface area contributed by atoms with Crippen LogP contribution in [-0.4, -0.2) is 26.1 Å². The number of aromatic nitrogens is 3. The molecule has 0 spiro atoms. The molecule has 0 aliphatic heterocycles. The van der Waals surface area contributed by atoms with Crippen LogP contribution >= 0.6 is 0 Å². The second-order valence-electron chi connectivity index (χ2n) is 4.81. The topological polar surface area (TPSA) is 77.1 Å². The lowest BCUT2D eigenvalue weighted by Crippen LogP contribution is -2.33. The molecule has 2 heterocycles. The Labute approximate surface area is 102 Å². The zero-order chi connectivity index (χ0) is 12.9. The van der Waals surface area contributed by atoms with Crippen LogP contribution < -0.4 is 11.1 Å². The predicted octanol–water partition coefficient (Wildman–Crippen LogP) is -0.423. The van der Waals surface area contributed by atoms with Crippen LogP contribution in [0.25, 0.3) is 10.8 Å². The average Bonchev–Trinajstić information content (AvgIpc) is 3.15. The summed E-state index contributed by atoms with van der Waals surface area (Å²) in [6.07, 6.45) is 4.75. The van der Waals surface area contributed by atoms with Crippen LogP contribution in [0.4, 0.5) is 0 Å². The summed E-state index contributed by atoms with van der Waals surface area (Å²) in [7, 11) is 1.55. The molecule has 2 aromatic heterocycles. The highest BCUT2D eigenvalue weighted by molar-refractivity contribution is 5.79. The molecule has 1 saturated carbocycles. The SMILES string of the molecule is Cn1ncc2cn(C3(CO)CC3)c(=O)cc2c1=O. The van der Waals surface area contributed by atoms with Crippen LogP contribution in [0.15, 0.2) is 28.0 Å². The number of aliphatic hydroxyl groups is 1. The number of hydrogen-bond donors (Lipinski definition) is 1. The van der Waals surface area contributed by atoms with E-state index in [-0.39, 0.29) is 17.7 Å². The summed E-state index contributed by atoms with van der Waals surface area (Å²) in [5.41, 5.74) is -1.00. The van der Waals surface area contributed by atoms with E-state index in [1.54, 1.807) is 19.4 Å². The van der Waals surface area contributed by atoms with Gasteiger partial charge in [0.2, 0.25) is 0 Å². The zero-order valence-electron chi connectivity index (χ0n) is 9.96. The van der Waals surface area contributed by atoms with Gasteiger partial charge in [-0.25, -0.2) is 4.68 Å². The smallest absolute Gasteiger partial charge is 0.274 e. The van der Waals surface area contributed by atoms with Gasteiger partial charge in [0, 0.05) is 24.7 Å². The summed E-state index contributed by atoms with van der Waals surface area (Å²) in [5, 5.41) is 14.3. The first-order valence-corrected chi connectivity index (χ1v) is 5.77. The molecule has 6 heteroatoms. The van der Waals surface area contributed by atoms with Gasteiger partial charge in [-0.05, 0) is 12.8 Å². The van der Waals surface area contributed by atoms with Gasteiger partial charge in [-0.15, -0.1) is 0 Å². The minimum absolute atomic E-state index is 0.0588. The van der Waals surface area contributed by atoms with E-state index in [9.17, 15) is 14.7 Å². The molecular formula is C12H13N3O3. The summed E-state index contributed by atoms with van der Waals surface area (Å²) >= 11 is 0. The maximum absolute atomic E-state index is 12.0. The van der Waals surface area contributed by atoms with Crippen molar-refractivity contribution in [3.8, 4) is 0 Å². The highest BCUT2D eigenvalue weighted by Crippen LogP contribution is 2.41. The fourth-order valence-electron chi connectivity index (χ4n) is 2.20. The molecule has 1 N–H and O–H groups in total. The average molecular weight is 247 g/mol. The highest BCUT2D eigenvalue weighted by atomic mass is 16.3. The maximum Gasteiger partial charge on any atom is 0.274 e. The molecule has 0 atom stereocenters. The highest BCUT2D eigenvalue weighted by Gasteiger charge is 2.44.